The van der Waals surface area contributed by atoms with Crippen molar-refractivity contribution in [1.82, 2.24) is 0 Å². The Morgan fingerprint density at radius 1 is 1.41 bits per heavy atom. The number of nitrogens with zero attached hydrogens (tertiary/aromatic N) is 1. The van der Waals surface area contributed by atoms with Gasteiger partial charge in [-0.1, -0.05) is 18.1 Å². The second kappa shape index (κ2) is 5.40. The average Bonchev–Trinajstić information content (AvgIpc) is 2.76. The molecule has 1 saturated heterocycles. The maximum atomic E-state index is 11.7. The summed E-state index contributed by atoms with van der Waals surface area (Å²) in [4.78, 5) is 13.5. The van der Waals surface area contributed by atoms with Gasteiger partial charge in [-0.25, -0.2) is 0 Å². The van der Waals surface area contributed by atoms with Gasteiger partial charge in [-0.15, -0.1) is 5.92 Å². The summed E-state index contributed by atoms with van der Waals surface area (Å²) in [7, 11) is 0. The van der Waals surface area contributed by atoms with Gasteiger partial charge in [-0.3, -0.25) is 4.79 Å². The number of amides is 1. The lowest BCUT2D eigenvalue weighted by Crippen LogP contribution is -2.24. The lowest BCUT2D eigenvalue weighted by molar-refractivity contribution is -0.117. The zero-order chi connectivity index (χ0) is 12.1. The minimum atomic E-state index is 0.169. The molecule has 1 aliphatic heterocycles. The van der Waals surface area contributed by atoms with Gasteiger partial charge in [0.25, 0.3) is 0 Å². The van der Waals surface area contributed by atoms with Gasteiger partial charge in [-0.05, 0) is 25.5 Å². The van der Waals surface area contributed by atoms with E-state index in [1.807, 2.05) is 24.3 Å². The van der Waals surface area contributed by atoms with Crippen molar-refractivity contribution < 1.29 is 9.53 Å². The first-order valence-electron chi connectivity index (χ1n) is 5.74. The van der Waals surface area contributed by atoms with Crippen LogP contribution in [0.2, 0.25) is 0 Å². The molecule has 1 fully saturated rings. The number of carbonyl (C=O) groups excluding carboxylic acids is 1. The van der Waals surface area contributed by atoms with Crippen molar-refractivity contribution in [2.45, 2.75) is 19.8 Å². The summed E-state index contributed by atoms with van der Waals surface area (Å²) in [6.07, 6.45) is 1.55. The van der Waals surface area contributed by atoms with Crippen LogP contribution >= 0.6 is 0 Å². The molecule has 0 N–H and O–H groups in total. The first kappa shape index (κ1) is 11.5. The number of carbonyl (C=O) groups is 1. The summed E-state index contributed by atoms with van der Waals surface area (Å²) >= 11 is 0. The second-order valence-electron chi connectivity index (χ2n) is 3.83. The molecule has 1 aliphatic rings. The minimum absolute atomic E-state index is 0.169. The maximum Gasteiger partial charge on any atom is 0.227 e. The van der Waals surface area contributed by atoms with Crippen molar-refractivity contribution in [2.75, 3.05) is 18.1 Å². The van der Waals surface area contributed by atoms with Crippen LogP contribution in [0.4, 0.5) is 5.69 Å². The van der Waals surface area contributed by atoms with Crippen molar-refractivity contribution in [2.24, 2.45) is 0 Å². The fraction of sp³-hybridized carbons (Fsp3) is 0.357. The van der Waals surface area contributed by atoms with Gasteiger partial charge in [0.15, 0.2) is 0 Å². The largest absolute Gasteiger partial charge is 0.479 e. The summed E-state index contributed by atoms with van der Waals surface area (Å²) in [5.74, 6) is 6.53. The summed E-state index contributed by atoms with van der Waals surface area (Å²) in [6, 6.07) is 7.61. The van der Waals surface area contributed by atoms with Crippen LogP contribution in [-0.4, -0.2) is 19.1 Å². The molecule has 0 saturated carbocycles. The molecular formula is C14H15NO2. The van der Waals surface area contributed by atoms with Crippen LogP contribution in [-0.2, 0) is 4.79 Å². The number of benzene rings is 1. The van der Waals surface area contributed by atoms with Gasteiger partial charge >= 0.3 is 0 Å². The van der Waals surface area contributed by atoms with Gasteiger partial charge in [0.2, 0.25) is 5.91 Å². The molecule has 1 heterocycles. The highest BCUT2D eigenvalue weighted by atomic mass is 16.5. The molecule has 1 amide bonds. The normalized spacial score (nSPS) is 14.4. The molecule has 0 aliphatic carbocycles. The van der Waals surface area contributed by atoms with E-state index in [1.165, 1.54) is 0 Å². The van der Waals surface area contributed by atoms with E-state index >= 15 is 0 Å². The smallest absolute Gasteiger partial charge is 0.227 e. The van der Waals surface area contributed by atoms with Crippen LogP contribution in [0.3, 0.4) is 0 Å². The fourth-order valence-corrected chi connectivity index (χ4v) is 1.89. The molecule has 88 valence electrons. The molecule has 17 heavy (non-hydrogen) atoms. The third-order valence-electron chi connectivity index (χ3n) is 2.71. The predicted octanol–water partition coefficient (Wildman–Crippen LogP) is 2.22. The highest BCUT2D eigenvalue weighted by molar-refractivity contribution is 5.96. The number of rotatable bonds is 3. The molecule has 1 aromatic carbocycles. The van der Waals surface area contributed by atoms with E-state index in [0.29, 0.717) is 13.0 Å². The Balaban J connectivity index is 2.19. The third kappa shape index (κ3) is 2.59. The van der Waals surface area contributed by atoms with Gasteiger partial charge < -0.3 is 9.64 Å². The van der Waals surface area contributed by atoms with Crippen molar-refractivity contribution in [3.63, 3.8) is 0 Å². The standard InChI is InChI=1S/C14H15NO2/c1-2-3-11-17-13-8-5-4-7-12(13)15-10-6-9-14(15)16/h4-5,7-8H,6,9-11H2,1H3. The summed E-state index contributed by atoms with van der Waals surface area (Å²) < 4.78 is 5.57. The quantitative estimate of drug-likeness (QED) is 0.744. The number of hydrogen-bond donors (Lipinski definition) is 0. The first-order valence-corrected chi connectivity index (χ1v) is 5.74. The van der Waals surface area contributed by atoms with E-state index in [9.17, 15) is 4.79 Å². The van der Waals surface area contributed by atoms with E-state index in [-0.39, 0.29) is 5.91 Å². The highest BCUT2D eigenvalue weighted by Crippen LogP contribution is 2.30. The van der Waals surface area contributed by atoms with Crippen LogP contribution in [0.5, 0.6) is 5.75 Å². The van der Waals surface area contributed by atoms with E-state index < -0.39 is 0 Å². The molecule has 0 unspecified atom stereocenters. The molecule has 0 radical (unpaired) electrons. The van der Waals surface area contributed by atoms with Crippen LogP contribution < -0.4 is 9.64 Å². The fourth-order valence-electron chi connectivity index (χ4n) is 1.89. The van der Waals surface area contributed by atoms with E-state index in [0.717, 1.165) is 24.4 Å². The molecule has 0 atom stereocenters. The number of ether oxygens (including phenoxy) is 1. The summed E-state index contributed by atoms with van der Waals surface area (Å²) in [5.41, 5.74) is 0.855. The highest BCUT2D eigenvalue weighted by Gasteiger charge is 2.23. The van der Waals surface area contributed by atoms with E-state index in [2.05, 4.69) is 11.8 Å². The van der Waals surface area contributed by atoms with Crippen molar-refractivity contribution in [3.05, 3.63) is 24.3 Å². The Morgan fingerprint density at radius 3 is 2.94 bits per heavy atom. The summed E-state index contributed by atoms with van der Waals surface area (Å²) in [5, 5.41) is 0. The minimum Gasteiger partial charge on any atom is -0.479 e. The molecule has 2 rings (SSSR count). The average molecular weight is 229 g/mol. The van der Waals surface area contributed by atoms with Gasteiger partial charge in [0, 0.05) is 13.0 Å². The van der Waals surface area contributed by atoms with Crippen molar-refractivity contribution in [3.8, 4) is 17.6 Å². The zero-order valence-electron chi connectivity index (χ0n) is 9.90. The number of anilines is 1. The topological polar surface area (TPSA) is 29.5 Å². The van der Waals surface area contributed by atoms with Crippen LogP contribution in [0, 0.1) is 11.8 Å². The Kier molecular flexibility index (Phi) is 3.66. The Labute approximate surface area is 101 Å². The molecule has 3 heteroatoms. The molecule has 3 nitrogen and oxygen atoms in total. The van der Waals surface area contributed by atoms with E-state index in [4.69, 9.17) is 4.74 Å². The molecule has 0 aromatic heterocycles. The van der Waals surface area contributed by atoms with E-state index in [1.54, 1.807) is 11.8 Å². The third-order valence-corrected chi connectivity index (χ3v) is 2.71. The summed E-state index contributed by atoms with van der Waals surface area (Å²) in [6.45, 7) is 2.91. The monoisotopic (exact) mass is 229 g/mol. The van der Waals surface area contributed by atoms with Crippen LogP contribution in [0.15, 0.2) is 24.3 Å². The van der Waals surface area contributed by atoms with Crippen LogP contribution in [0.1, 0.15) is 19.8 Å². The lowest BCUT2D eigenvalue weighted by atomic mass is 10.2. The lowest BCUT2D eigenvalue weighted by Gasteiger charge is -2.18. The van der Waals surface area contributed by atoms with Gasteiger partial charge in [0.05, 0.1) is 5.69 Å². The van der Waals surface area contributed by atoms with Gasteiger partial charge in [-0.2, -0.15) is 0 Å². The number of para-hydroxylation sites is 2. The Morgan fingerprint density at radius 2 is 2.24 bits per heavy atom. The van der Waals surface area contributed by atoms with Crippen LogP contribution in [0.25, 0.3) is 0 Å². The number of hydrogen-bond acceptors (Lipinski definition) is 2. The van der Waals surface area contributed by atoms with Crippen molar-refractivity contribution in [1.29, 1.82) is 0 Å². The molecule has 0 spiro atoms. The van der Waals surface area contributed by atoms with Gasteiger partial charge in [0.1, 0.15) is 12.4 Å². The maximum absolute atomic E-state index is 11.7. The Bertz CT molecular complexity index is 471. The zero-order valence-corrected chi connectivity index (χ0v) is 9.90. The predicted molar refractivity (Wildman–Crippen MR) is 67.0 cm³/mol. The second-order valence-corrected chi connectivity index (χ2v) is 3.83. The molecule has 0 bridgehead atoms. The van der Waals surface area contributed by atoms with Crippen molar-refractivity contribution >= 4 is 11.6 Å². The first-order chi connectivity index (χ1) is 8.33. The molecular weight excluding hydrogens is 214 g/mol. The Hall–Kier alpha value is -1.95. The molecule has 1 aromatic rings. The SMILES string of the molecule is CC#CCOc1ccccc1N1CCCC1=O.